The van der Waals surface area contributed by atoms with Gasteiger partial charge in [-0.05, 0) is 23.8 Å². The van der Waals surface area contributed by atoms with Crippen molar-refractivity contribution < 1.29 is 5.11 Å². The molecule has 0 aromatic heterocycles. The van der Waals surface area contributed by atoms with E-state index in [1.807, 2.05) is 30.3 Å². The van der Waals surface area contributed by atoms with Gasteiger partial charge in [0, 0.05) is 0 Å². The van der Waals surface area contributed by atoms with E-state index in [0.29, 0.717) is 0 Å². The number of aliphatic hydroxyl groups excluding tert-OH is 1. The number of hydrogen-bond acceptors (Lipinski definition) is 3. The van der Waals surface area contributed by atoms with E-state index in [1.54, 1.807) is 0 Å². The van der Waals surface area contributed by atoms with Gasteiger partial charge >= 0.3 is 0 Å². The lowest BCUT2D eigenvalue weighted by molar-refractivity contribution is 0.227. The molecule has 1 aliphatic carbocycles. The maximum atomic E-state index is 9.44. The van der Waals surface area contributed by atoms with Crippen molar-refractivity contribution in [3.8, 4) is 6.07 Å². The molecule has 0 aliphatic heterocycles. The summed E-state index contributed by atoms with van der Waals surface area (Å²) in [6.07, 6.45) is 2.18. The van der Waals surface area contributed by atoms with E-state index in [9.17, 15) is 10.4 Å². The molecular weight excluding hydrogens is 212 g/mol. The minimum Gasteiger partial charge on any atom is -0.394 e. The Morgan fingerprint density at radius 1 is 1.41 bits per heavy atom. The highest BCUT2D eigenvalue weighted by molar-refractivity contribution is 5.21. The maximum Gasteiger partial charge on any atom is 0.101 e. The summed E-state index contributed by atoms with van der Waals surface area (Å²) in [6, 6.07) is 11.8. The van der Waals surface area contributed by atoms with Crippen molar-refractivity contribution in [2.24, 2.45) is 5.41 Å². The average molecular weight is 230 g/mol. The monoisotopic (exact) mass is 230 g/mol. The van der Waals surface area contributed by atoms with Gasteiger partial charge in [0.05, 0.1) is 18.7 Å². The van der Waals surface area contributed by atoms with Gasteiger partial charge in [-0.2, -0.15) is 5.26 Å². The first-order valence-corrected chi connectivity index (χ1v) is 6.01. The second kappa shape index (κ2) is 4.87. The van der Waals surface area contributed by atoms with Gasteiger partial charge in [-0.15, -0.1) is 0 Å². The molecule has 2 N–H and O–H groups in total. The predicted molar refractivity (Wildman–Crippen MR) is 66.1 cm³/mol. The number of aliphatic hydroxyl groups is 1. The first kappa shape index (κ1) is 12.1. The lowest BCUT2D eigenvalue weighted by Gasteiger charge is -2.24. The molecule has 1 aliphatic rings. The Balaban J connectivity index is 2.08. The summed E-state index contributed by atoms with van der Waals surface area (Å²) in [5, 5.41) is 21.9. The van der Waals surface area contributed by atoms with Crippen LogP contribution in [-0.2, 0) is 0 Å². The fourth-order valence-electron chi connectivity index (χ4n) is 2.02. The molecule has 0 heterocycles. The highest BCUT2D eigenvalue weighted by Gasteiger charge is 2.45. The fraction of sp³-hybridized carbons (Fsp3) is 0.500. The highest BCUT2D eigenvalue weighted by atomic mass is 16.3. The third kappa shape index (κ3) is 2.66. The Labute approximate surface area is 102 Å². The van der Waals surface area contributed by atoms with Crippen LogP contribution >= 0.6 is 0 Å². The van der Waals surface area contributed by atoms with E-state index in [4.69, 9.17) is 0 Å². The van der Waals surface area contributed by atoms with Gasteiger partial charge in [-0.25, -0.2) is 0 Å². The normalized spacial score (nSPS) is 20.3. The first-order chi connectivity index (χ1) is 8.19. The third-order valence-corrected chi connectivity index (χ3v) is 3.62. The SMILES string of the molecule is CC1([C@@H](C#N)N[C@H](CO)c2ccccc2)CC1. The number of nitrogens with zero attached hydrogens (tertiary/aromatic N) is 1. The maximum absolute atomic E-state index is 9.44. The Morgan fingerprint density at radius 2 is 2.06 bits per heavy atom. The van der Waals surface area contributed by atoms with E-state index in [0.717, 1.165) is 18.4 Å². The number of benzene rings is 1. The Bertz CT molecular complexity index is 406. The summed E-state index contributed by atoms with van der Waals surface area (Å²) in [5.41, 5.74) is 1.12. The largest absolute Gasteiger partial charge is 0.394 e. The van der Waals surface area contributed by atoms with Crippen LogP contribution in [-0.4, -0.2) is 17.8 Å². The van der Waals surface area contributed by atoms with E-state index in [-0.39, 0.29) is 24.1 Å². The van der Waals surface area contributed by atoms with Crippen molar-refractivity contribution in [3.05, 3.63) is 35.9 Å². The van der Waals surface area contributed by atoms with Crippen LogP contribution in [0.5, 0.6) is 0 Å². The van der Waals surface area contributed by atoms with E-state index in [1.165, 1.54) is 0 Å². The predicted octanol–water partition coefficient (Wildman–Crippen LogP) is 2.00. The van der Waals surface area contributed by atoms with E-state index < -0.39 is 0 Å². The van der Waals surface area contributed by atoms with Crippen LogP contribution in [0.1, 0.15) is 31.4 Å². The molecule has 3 heteroatoms. The smallest absolute Gasteiger partial charge is 0.101 e. The molecule has 1 saturated carbocycles. The minimum absolute atomic E-state index is 0.0122. The zero-order valence-electron chi connectivity index (χ0n) is 10.1. The van der Waals surface area contributed by atoms with Gasteiger partial charge in [0.15, 0.2) is 0 Å². The molecule has 0 bridgehead atoms. The zero-order chi connectivity index (χ0) is 12.3. The van der Waals surface area contributed by atoms with E-state index >= 15 is 0 Å². The molecule has 1 aromatic carbocycles. The molecule has 2 atom stereocenters. The van der Waals surface area contributed by atoms with Crippen LogP contribution in [0.4, 0.5) is 0 Å². The summed E-state index contributed by atoms with van der Waals surface area (Å²) >= 11 is 0. The minimum atomic E-state index is -0.181. The Morgan fingerprint density at radius 3 is 2.53 bits per heavy atom. The standard InChI is InChI=1S/C14H18N2O/c1-14(7-8-14)13(9-15)16-12(10-17)11-5-3-2-4-6-11/h2-6,12-13,16-17H,7-8,10H2,1H3/t12-,13-/m1/s1. The molecule has 3 nitrogen and oxygen atoms in total. The van der Waals surface area contributed by atoms with Crippen molar-refractivity contribution in [2.45, 2.75) is 31.8 Å². The summed E-state index contributed by atoms with van der Waals surface area (Å²) in [4.78, 5) is 0. The van der Waals surface area contributed by atoms with Crippen molar-refractivity contribution >= 4 is 0 Å². The van der Waals surface area contributed by atoms with Crippen molar-refractivity contribution in [2.75, 3.05) is 6.61 Å². The quantitative estimate of drug-likeness (QED) is 0.813. The number of nitriles is 1. The van der Waals surface area contributed by atoms with Gasteiger partial charge in [0.25, 0.3) is 0 Å². The zero-order valence-corrected chi connectivity index (χ0v) is 10.1. The van der Waals surface area contributed by atoms with Crippen LogP contribution < -0.4 is 5.32 Å². The van der Waals surface area contributed by atoms with Crippen molar-refractivity contribution in [1.29, 1.82) is 5.26 Å². The first-order valence-electron chi connectivity index (χ1n) is 6.01. The molecule has 1 fully saturated rings. The number of hydrogen-bond donors (Lipinski definition) is 2. The second-order valence-corrected chi connectivity index (χ2v) is 5.03. The van der Waals surface area contributed by atoms with Gasteiger partial charge in [0.2, 0.25) is 0 Å². The lowest BCUT2D eigenvalue weighted by atomic mass is 9.98. The van der Waals surface area contributed by atoms with Gasteiger partial charge in [0.1, 0.15) is 6.04 Å². The second-order valence-electron chi connectivity index (χ2n) is 5.03. The lowest BCUT2D eigenvalue weighted by Crippen LogP contribution is -2.39. The molecule has 17 heavy (non-hydrogen) atoms. The summed E-state index contributed by atoms with van der Waals surface area (Å²) in [7, 11) is 0. The van der Waals surface area contributed by atoms with Gasteiger partial charge in [-0.3, -0.25) is 5.32 Å². The summed E-state index contributed by atoms with van der Waals surface area (Å²) < 4.78 is 0. The molecule has 0 spiro atoms. The van der Waals surface area contributed by atoms with Crippen LogP contribution in [0.25, 0.3) is 0 Å². The average Bonchev–Trinajstić information content (AvgIpc) is 3.11. The molecular formula is C14H18N2O. The van der Waals surface area contributed by atoms with E-state index in [2.05, 4.69) is 18.3 Å². The fourth-order valence-corrected chi connectivity index (χ4v) is 2.02. The molecule has 0 radical (unpaired) electrons. The third-order valence-electron chi connectivity index (χ3n) is 3.62. The molecule has 90 valence electrons. The Hall–Kier alpha value is -1.37. The molecule has 0 unspecified atom stereocenters. The topological polar surface area (TPSA) is 56.0 Å². The van der Waals surface area contributed by atoms with Gasteiger partial charge in [-0.1, -0.05) is 37.3 Å². The molecule has 1 aromatic rings. The van der Waals surface area contributed by atoms with Gasteiger partial charge < -0.3 is 5.11 Å². The van der Waals surface area contributed by atoms with Crippen molar-refractivity contribution in [3.63, 3.8) is 0 Å². The molecule has 2 rings (SSSR count). The van der Waals surface area contributed by atoms with Crippen molar-refractivity contribution in [1.82, 2.24) is 5.32 Å². The molecule has 0 saturated heterocycles. The summed E-state index contributed by atoms with van der Waals surface area (Å²) in [5.74, 6) is 0. The molecule has 0 amide bonds. The highest BCUT2D eigenvalue weighted by Crippen LogP contribution is 2.48. The summed E-state index contributed by atoms with van der Waals surface area (Å²) in [6.45, 7) is 2.13. The van der Waals surface area contributed by atoms with Crippen LogP contribution in [0.2, 0.25) is 0 Å². The van der Waals surface area contributed by atoms with Crippen LogP contribution in [0.15, 0.2) is 30.3 Å². The number of rotatable bonds is 5. The number of nitrogens with one attached hydrogen (secondary N) is 1. The Kier molecular flexibility index (Phi) is 3.46. The van der Waals surface area contributed by atoms with Crippen LogP contribution in [0, 0.1) is 16.7 Å². The van der Waals surface area contributed by atoms with Crippen LogP contribution in [0.3, 0.4) is 0 Å².